The fourth-order valence-electron chi connectivity index (χ4n) is 4.70. The number of aromatic amines is 1. The van der Waals surface area contributed by atoms with Gasteiger partial charge in [-0.2, -0.15) is 9.40 Å². The number of aryl methyl sites for hydroxylation is 2. The third-order valence-electron chi connectivity index (χ3n) is 6.90. The lowest BCUT2D eigenvalue weighted by atomic mass is 10.1. The van der Waals surface area contributed by atoms with E-state index in [9.17, 15) is 18.0 Å². The molecule has 1 fully saturated rings. The molecule has 1 aromatic carbocycles. The molecule has 4 N–H and O–H groups in total. The van der Waals surface area contributed by atoms with Crippen LogP contribution in [0, 0.1) is 5.92 Å². The summed E-state index contributed by atoms with van der Waals surface area (Å²) in [5.74, 6) is 0.162. The van der Waals surface area contributed by atoms with E-state index in [4.69, 9.17) is 20.6 Å². The molecule has 1 saturated heterocycles. The number of carbonyl (C=O) groups is 1. The average molecular weight is 606 g/mol. The summed E-state index contributed by atoms with van der Waals surface area (Å²) in [6.45, 7) is 10.4. The van der Waals surface area contributed by atoms with Crippen LogP contribution in [0.4, 0.5) is 0 Å². The fraction of sp³-hybridized carbons (Fsp3) is 0.571. The number of benzene rings is 1. The van der Waals surface area contributed by atoms with Crippen LogP contribution in [0.3, 0.4) is 0 Å². The molecule has 13 nitrogen and oxygen atoms in total. The minimum Gasteiger partial charge on any atom is -0.493 e. The molecule has 1 aliphatic rings. The summed E-state index contributed by atoms with van der Waals surface area (Å²) in [4.78, 5) is 32.8. The number of nitrogens with one attached hydrogen (secondary N) is 1. The number of H-pyrrole nitrogens is 1. The van der Waals surface area contributed by atoms with Gasteiger partial charge in [-0.15, -0.1) is 0 Å². The highest BCUT2D eigenvalue weighted by Crippen LogP contribution is 2.32. The summed E-state index contributed by atoms with van der Waals surface area (Å²) < 4.78 is 35.4. The Balaban J connectivity index is 0.000000467. The first kappa shape index (κ1) is 33.2. The molecule has 0 radical (unpaired) electrons. The van der Waals surface area contributed by atoms with Crippen LogP contribution >= 0.6 is 0 Å². The van der Waals surface area contributed by atoms with Crippen molar-refractivity contribution in [2.75, 3.05) is 39.8 Å². The Labute approximate surface area is 246 Å². The van der Waals surface area contributed by atoms with E-state index in [1.165, 1.54) is 8.99 Å². The molecule has 0 saturated carbocycles. The molecule has 1 aliphatic heterocycles. The standard InChI is InChI=1S/C22H30N6O4S.C6H13NO2/c1-5-7-17-19-20(27(4)25-17)22(29)24-21(23-19)16-14-15(8-9-18(16)32-6-2)33(30,31)28-12-10-26(3)11-13-28;1-4(2)3-5(7)6(8)9/h8-9,14H,5-7,10-13H2,1-4H3,(H,23,24,29);4-5H,3,7H2,1-2H3,(H,8,9)/t;5-/m.0/s1. The summed E-state index contributed by atoms with van der Waals surface area (Å²) in [6.07, 6.45) is 2.09. The van der Waals surface area contributed by atoms with Crippen molar-refractivity contribution in [2.45, 2.75) is 57.9 Å². The lowest BCUT2D eigenvalue weighted by Gasteiger charge is -2.31. The number of hydrogen-bond acceptors (Lipinski definition) is 9. The zero-order chi connectivity index (χ0) is 31.2. The number of nitrogens with two attached hydrogens (primary N) is 1. The van der Waals surface area contributed by atoms with Gasteiger partial charge in [0.05, 0.1) is 22.8 Å². The lowest BCUT2D eigenvalue weighted by molar-refractivity contribution is -0.138. The van der Waals surface area contributed by atoms with Crippen LogP contribution in [0.5, 0.6) is 5.75 Å². The van der Waals surface area contributed by atoms with Crippen LogP contribution in [0.1, 0.15) is 46.2 Å². The average Bonchev–Trinajstić information content (AvgIpc) is 3.24. The van der Waals surface area contributed by atoms with E-state index in [2.05, 4.69) is 15.0 Å². The van der Waals surface area contributed by atoms with Crippen LogP contribution in [0.2, 0.25) is 0 Å². The number of nitrogens with zero attached hydrogens (tertiary/aromatic N) is 5. The van der Waals surface area contributed by atoms with Crippen molar-refractivity contribution in [3.63, 3.8) is 0 Å². The van der Waals surface area contributed by atoms with Gasteiger partial charge in [0.25, 0.3) is 5.56 Å². The van der Waals surface area contributed by atoms with Crippen molar-refractivity contribution >= 4 is 27.0 Å². The van der Waals surface area contributed by atoms with Gasteiger partial charge in [0.1, 0.15) is 23.1 Å². The van der Waals surface area contributed by atoms with Crippen molar-refractivity contribution in [3.8, 4) is 17.1 Å². The zero-order valence-electron chi connectivity index (χ0n) is 25.3. The van der Waals surface area contributed by atoms with Gasteiger partial charge in [0, 0.05) is 33.2 Å². The van der Waals surface area contributed by atoms with E-state index in [0.717, 1.165) is 12.1 Å². The topological polar surface area (TPSA) is 177 Å². The molecule has 0 amide bonds. The van der Waals surface area contributed by atoms with E-state index in [0.29, 0.717) is 73.9 Å². The van der Waals surface area contributed by atoms with Crippen LogP contribution in [-0.2, 0) is 28.3 Å². The summed E-state index contributed by atoms with van der Waals surface area (Å²) in [7, 11) is -0.00831. The van der Waals surface area contributed by atoms with E-state index in [-0.39, 0.29) is 16.3 Å². The van der Waals surface area contributed by atoms with Gasteiger partial charge in [-0.25, -0.2) is 13.4 Å². The van der Waals surface area contributed by atoms with Gasteiger partial charge < -0.3 is 25.5 Å². The lowest BCUT2D eigenvalue weighted by Crippen LogP contribution is -2.47. The van der Waals surface area contributed by atoms with E-state index in [1.807, 2.05) is 34.7 Å². The molecule has 1 atom stereocenters. The Morgan fingerprint density at radius 1 is 1.17 bits per heavy atom. The fourth-order valence-corrected chi connectivity index (χ4v) is 6.15. The molecular formula is C28H43N7O6S. The maximum absolute atomic E-state index is 13.3. The molecule has 0 bridgehead atoms. The SMILES string of the molecule is CC(C)C[C@H](N)C(=O)O.CCCc1nn(C)c2c(=O)[nH]c(-c3cc(S(=O)(=O)N4CCN(C)CC4)ccc3OCC)nc12. The highest BCUT2D eigenvalue weighted by Gasteiger charge is 2.29. The molecule has 4 rings (SSSR count). The second-order valence-electron chi connectivity index (χ2n) is 10.8. The summed E-state index contributed by atoms with van der Waals surface area (Å²) in [5, 5.41) is 12.8. The monoisotopic (exact) mass is 605 g/mol. The zero-order valence-corrected chi connectivity index (χ0v) is 26.1. The van der Waals surface area contributed by atoms with Crippen LogP contribution in [-0.4, -0.2) is 94.3 Å². The Morgan fingerprint density at radius 3 is 2.38 bits per heavy atom. The second kappa shape index (κ2) is 14.2. The van der Waals surface area contributed by atoms with E-state index >= 15 is 0 Å². The first-order valence-electron chi connectivity index (χ1n) is 14.2. The molecule has 232 valence electrons. The molecule has 14 heteroatoms. The predicted molar refractivity (Wildman–Crippen MR) is 161 cm³/mol. The maximum atomic E-state index is 13.3. The first-order valence-corrected chi connectivity index (χ1v) is 15.6. The van der Waals surface area contributed by atoms with E-state index < -0.39 is 22.0 Å². The third kappa shape index (κ3) is 7.73. The highest BCUT2D eigenvalue weighted by molar-refractivity contribution is 7.89. The number of carboxylic acid groups (broad SMARTS) is 1. The first-order chi connectivity index (χ1) is 19.8. The summed E-state index contributed by atoms with van der Waals surface area (Å²) in [6, 6.07) is 4.02. The Hall–Kier alpha value is -3.33. The van der Waals surface area contributed by atoms with Gasteiger partial charge in [-0.1, -0.05) is 27.2 Å². The van der Waals surface area contributed by atoms with Gasteiger partial charge >= 0.3 is 5.97 Å². The minimum absolute atomic E-state index is 0.147. The van der Waals surface area contributed by atoms with Crippen molar-refractivity contribution in [2.24, 2.45) is 18.7 Å². The van der Waals surface area contributed by atoms with Crippen molar-refractivity contribution in [3.05, 3.63) is 34.2 Å². The number of sulfonamides is 1. The van der Waals surface area contributed by atoms with Crippen molar-refractivity contribution in [1.82, 2.24) is 29.0 Å². The number of likely N-dealkylation sites (N-methyl/N-ethyl adjacent to an activating group) is 1. The largest absolute Gasteiger partial charge is 0.493 e. The number of ether oxygens (including phenoxy) is 1. The number of hydrogen-bond donors (Lipinski definition) is 3. The van der Waals surface area contributed by atoms with Crippen LogP contribution in [0.25, 0.3) is 22.4 Å². The predicted octanol–water partition coefficient (Wildman–Crippen LogP) is 2.06. The van der Waals surface area contributed by atoms with E-state index in [1.54, 1.807) is 25.2 Å². The van der Waals surface area contributed by atoms with Crippen LogP contribution < -0.4 is 16.0 Å². The molecule has 3 heterocycles. The molecule has 42 heavy (non-hydrogen) atoms. The molecule has 0 aliphatic carbocycles. The van der Waals surface area contributed by atoms with Crippen molar-refractivity contribution < 1.29 is 23.1 Å². The smallest absolute Gasteiger partial charge is 0.320 e. The second-order valence-corrected chi connectivity index (χ2v) is 12.7. The number of fused-ring (bicyclic) bond motifs is 1. The summed E-state index contributed by atoms with van der Waals surface area (Å²) >= 11 is 0. The molecule has 0 spiro atoms. The summed E-state index contributed by atoms with van der Waals surface area (Å²) in [5.41, 5.74) is 6.96. The van der Waals surface area contributed by atoms with Crippen LogP contribution in [0.15, 0.2) is 27.9 Å². The van der Waals surface area contributed by atoms with Gasteiger partial charge in [-0.05, 0) is 50.9 Å². The number of aliphatic carboxylic acids is 1. The Bertz CT molecular complexity index is 1540. The normalized spacial score (nSPS) is 15.4. The quantitative estimate of drug-likeness (QED) is 0.310. The molecular weight excluding hydrogens is 562 g/mol. The van der Waals surface area contributed by atoms with Gasteiger partial charge in [0.15, 0.2) is 5.52 Å². The van der Waals surface area contributed by atoms with Gasteiger partial charge in [0.2, 0.25) is 10.0 Å². The number of piperazine rings is 1. The minimum atomic E-state index is -3.70. The Morgan fingerprint density at radius 2 is 1.83 bits per heavy atom. The molecule has 0 unspecified atom stereocenters. The van der Waals surface area contributed by atoms with Crippen molar-refractivity contribution in [1.29, 1.82) is 0 Å². The van der Waals surface area contributed by atoms with Gasteiger partial charge in [-0.3, -0.25) is 14.3 Å². The molecule has 2 aromatic heterocycles. The molecule has 3 aromatic rings. The maximum Gasteiger partial charge on any atom is 0.320 e. The number of aromatic nitrogens is 4. The number of rotatable bonds is 10. The highest BCUT2D eigenvalue weighted by atomic mass is 32.2. The number of carboxylic acids is 1. The third-order valence-corrected chi connectivity index (χ3v) is 8.79. The Kier molecular flexibility index (Phi) is 11.2.